The third kappa shape index (κ3) is 7.99. The van der Waals surface area contributed by atoms with E-state index in [4.69, 9.17) is 0 Å². The molecule has 0 aromatic rings. The summed E-state index contributed by atoms with van der Waals surface area (Å²) in [6.07, 6.45) is 6.49. The summed E-state index contributed by atoms with van der Waals surface area (Å²) in [5.41, 5.74) is 0.448. The highest BCUT2D eigenvalue weighted by Gasteiger charge is 2.27. The average Bonchev–Trinajstić information content (AvgIpc) is 2.29. The maximum Gasteiger partial charge on any atom is -0.00952 e. The molecule has 0 aromatic carbocycles. The Kier molecular flexibility index (Phi) is 9.95. The smallest absolute Gasteiger partial charge is 0.00952 e. The summed E-state index contributed by atoms with van der Waals surface area (Å²) in [5.74, 6) is 4.55. The zero-order valence-electron chi connectivity index (χ0n) is 13.1. The Morgan fingerprint density at radius 2 is 1.56 bits per heavy atom. The molecule has 2 heteroatoms. The number of thiol groups is 2. The molecule has 0 saturated carbocycles. The van der Waals surface area contributed by atoms with Crippen LogP contribution in [0.5, 0.6) is 0 Å². The molecule has 110 valence electrons. The Balaban J connectivity index is 4.52. The van der Waals surface area contributed by atoms with E-state index in [0.717, 1.165) is 29.3 Å². The normalized spacial score (nSPS) is 17.5. The van der Waals surface area contributed by atoms with Crippen molar-refractivity contribution in [2.45, 2.75) is 66.7 Å². The number of rotatable bonds is 9. The SMILES string of the molecule is CCC(CC(C)(C)C)C(C)[C@@H](CCS)CCCS. The molecule has 0 radical (unpaired) electrons. The molecule has 0 aromatic heterocycles. The van der Waals surface area contributed by atoms with Gasteiger partial charge >= 0.3 is 0 Å². The third-order valence-corrected chi connectivity index (χ3v) is 4.69. The van der Waals surface area contributed by atoms with E-state index >= 15 is 0 Å². The van der Waals surface area contributed by atoms with Crippen LogP contribution in [-0.2, 0) is 0 Å². The van der Waals surface area contributed by atoms with Gasteiger partial charge in [-0.3, -0.25) is 0 Å². The van der Waals surface area contributed by atoms with Gasteiger partial charge in [-0.1, -0.05) is 41.0 Å². The maximum atomic E-state index is 4.44. The Morgan fingerprint density at radius 1 is 0.944 bits per heavy atom. The molecule has 0 saturated heterocycles. The molecule has 0 nitrogen and oxygen atoms in total. The predicted octanol–water partition coefficient (Wildman–Crippen LogP) is 5.73. The summed E-state index contributed by atoms with van der Waals surface area (Å²) in [7, 11) is 0. The van der Waals surface area contributed by atoms with E-state index in [9.17, 15) is 0 Å². The first kappa shape index (κ1) is 18.7. The minimum absolute atomic E-state index is 0.448. The van der Waals surface area contributed by atoms with Crippen LogP contribution in [0.3, 0.4) is 0 Å². The first-order chi connectivity index (χ1) is 8.35. The summed E-state index contributed by atoms with van der Waals surface area (Å²) in [4.78, 5) is 0. The lowest BCUT2D eigenvalue weighted by Gasteiger charge is -2.34. The molecule has 0 N–H and O–H groups in total. The van der Waals surface area contributed by atoms with Crippen LogP contribution in [0.2, 0.25) is 0 Å². The Hall–Kier alpha value is 0.700. The lowest BCUT2D eigenvalue weighted by molar-refractivity contribution is 0.166. The largest absolute Gasteiger partial charge is 0.179 e. The van der Waals surface area contributed by atoms with E-state index in [2.05, 4.69) is 59.9 Å². The highest BCUT2D eigenvalue weighted by atomic mass is 32.1. The van der Waals surface area contributed by atoms with Crippen LogP contribution in [0.4, 0.5) is 0 Å². The lowest BCUT2D eigenvalue weighted by atomic mass is 9.72. The maximum absolute atomic E-state index is 4.44. The Labute approximate surface area is 127 Å². The minimum atomic E-state index is 0.448. The van der Waals surface area contributed by atoms with Crippen LogP contribution in [0.15, 0.2) is 0 Å². The Bertz CT molecular complexity index is 196. The molecular weight excluding hydrogens is 256 g/mol. The van der Waals surface area contributed by atoms with Crippen molar-refractivity contribution >= 4 is 25.3 Å². The first-order valence-corrected chi connectivity index (χ1v) is 8.84. The summed E-state index contributed by atoms with van der Waals surface area (Å²) in [5, 5.41) is 0. The lowest BCUT2D eigenvalue weighted by Crippen LogP contribution is -2.25. The van der Waals surface area contributed by atoms with E-state index in [-0.39, 0.29) is 0 Å². The topological polar surface area (TPSA) is 0 Å². The second-order valence-corrected chi connectivity index (χ2v) is 7.82. The monoisotopic (exact) mass is 290 g/mol. The van der Waals surface area contributed by atoms with Crippen molar-refractivity contribution in [3.05, 3.63) is 0 Å². The quantitative estimate of drug-likeness (QED) is 0.498. The second kappa shape index (κ2) is 9.58. The predicted molar refractivity (Wildman–Crippen MR) is 92.1 cm³/mol. The molecule has 2 unspecified atom stereocenters. The van der Waals surface area contributed by atoms with Gasteiger partial charge in [0.2, 0.25) is 0 Å². The van der Waals surface area contributed by atoms with Gasteiger partial charge in [-0.15, -0.1) is 0 Å². The van der Waals surface area contributed by atoms with Crippen molar-refractivity contribution in [2.24, 2.45) is 23.2 Å². The van der Waals surface area contributed by atoms with Crippen LogP contribution in [0.1, 0.15) is 66.7 Å². The minimum Gasteiger partial charge on any atom is -0.179 e. The highest BCUT2D eigenvalue weighted by Crippen LogP contribution is 2.37. The summed E-state index contributed by atoms with van der Waals surface area (Å²) in [6, 6.07) is 0. The van der Waals surface area contributed by atoms with Crippen molar-refractivity contribution in [2.75, 3.05) is 11.5 Å². The molecule has 3 atom stereocenters. The highest BCUT2D eigenvalue weighted by molar-refractivity contribution is 7.80. The molecule has 0 aliphatic carbocycles. The van der Waals surface area contributed by atoms with Crippen LogP contribution in [-0.4, -0.2) is 11.5 Å². The van der Waals surface area contributed by atoms with Gasteiger partial charge in [0.1, 0.15) is 0 Å². The summed E-state index contributed by atoms with van der Waals surface area (Å²) in [6.45, 7) is 11.9. The van der Waals surface area contributed by atoms with Crippen LogP contribution >= 0.6 is 25.3 Å². The van der Waals surface area contributed by atoms with Crippen LogP contribution < -0.4 is 0 Å². The van der Waals surface area contributed by atoms with E-state index in [0.29, 0.717) is 5.41 Å². The van der Waals surface area contributed by atoms with Gasteiger partial charge < -0.3 is 0 Å². The van der Waals surface area contributed by atoms with Gasteiger partial charge in [-0.25, -0.2) is 0 Å². The van der Waals surface area contributed by atoms with Crippen molar-refractivity contribution < 1.29 is 0 Å². The molecular formula is C16H34S2. The van der Waals surface area contributed by atoms with Gasteiger partial charge in [0, 0.05) is 0 Å². The second-order valence-electron chi connectivity index (χ2n) is 6.93. The fraction of sp³-hybridized carbons (Fsp3) is 1.00. The molecule has 18 heavy (non-hydrogen) atoms. The summed E-state index contributed by atoms with van der Waals surface area (Å²) >= 11 is 8.80. The van der Waals surface area contributed by atoms with Crippen molar-refractivity contribution in [3.8, 4) is 0 Å². The van der Waals surface area contributed by atoms with Crippen LogP contribution in [0.25, 0.3) is 0 Å². The molecule has 0 aliphatic rings. The van der Waals surface area contributed by atoms with Gasteiger partial charge in [-0.2, -0.15) is 25.3 Å². The molecule has 0 rings (SSSR count). The van der Waals surface area contributed by atoms with Gasteiger partial charge in [0.05, 0.1) is 0 Å². The van der Waals surface area contributed by atoms with Gasteiger partial charge in [0.15, 0.2) is 0 Å². The van der Waals surface area contributed by atoms with E-state index in [1.165, 1.54) is 32.1 Å². The Morgan fingerprint density at radius 3 is 1.94 bits per heavy atom. The van der Waals surface area contributed by atoms with Gasteiger partial charge in [0.25, 0.3) is 0 Å². The van der Waals surface area contributed by atoms with E-state index in [1.54, 1.807) is 0 Å². The molecule has 0 bridgehead atoms. The van der Waals surface area contributed by atoms with Crippen molar-refractivity contribution in [1.29, 1.82) is 0 Å². The van der Waals surface area contributed by atoms with Gasteiger partial charge in [-0.05, 0) is 60.4 Å². The first-order valence-electron chi connectivity index (χ1n) is 7.57. The van der Waals surface area contributed by atoms with Crippen molar-refractivity contribution in [3.63, 3.8) is 0 Å². The molecule has 0 heterocycles. The summed E-state index contributed by atoms with van der Waals surface area (Å²) < 4.78 is 0. The molecule has 0 spiro atoms. The molecule has 0 fully saturated rings. The van der Waals surface area contributed by atoms with Crippen molar-refractivity contribution in [1.82, 2.24) is 0 Å². The molecule has 0 aliphatic heterocycles. The zero-order valence-corrected chi connectivity index (χ0v) is 14.9. The zero-order chi connectivity index (χ0) is 14.2. The number of hydrogen-bond acceptors (Lipinski definition) is 2. The fourth-order valence-electron chi connectivity index (χ4n) is 3.06. The molecule has 0 amide bonds. The van der Waals surface area contributed by atoms with Crippen LogP contribution in [0, 0.1) is 23.2 Å². The van der Waals surface area contributed by atoms with E-state index < -0.39 is 0 Å². The van der Waals surface area contributed by atoms with E-state index in [1.807, 2.05) is 0 Å². The standard InChI is InChI=1S/C16H34S2/c1-6-14(12-16(3,4)5)13(2)15(9-11-18)8-7-10-17/h13-15,17-18H,6-12H2,1-5H3/t13?,14?,15-/m1/s1. The number of hydrogen-bond donors (Lipinski definition) is 2. The fourth-order valence-corrected chi connectivity index (χ4v) is 3.58. The average molecular weight is 291 g/mol. The third-order valence-electron chi connectivity index (χ3n) is 4.12.